The van der Waals surface area contributed by atoms with Crippen LogP contribution in [-0.2, 0) is 6.18 Å². The van der Waals surface area contributed by atoms with Crippen molar-refractivity contribution in [3.05, 3.63) is 29.7 Å². The molecule has 2 atom stereocenters. The lowest BCUT2D eigenvalue weighted by Gasteiger charge is -2.25. The number of alkyl halides is 3. The molecule has 1 N–H and O–H groups in total. The van der Waals surface area contributed by atoms with Crippen molar-refractivity contribution in [1.29, 1.82) is 0 Å². The molecule has 2 aromatic rings. The molecule has 1 aliphatic rings. The van der Waals surface area contributed by atoms with Crippen LogP contribution in [0.5, 0.6) is 0 Å². The standard InChI is InChI=1S/C14H15F3N2O/c1-8-2-3-9(7-18-8)13-19-11-6-10(14(15,16)17)4-5-12(11)20-13/h4-6,8-9,18H,2-3,7H2,1H3/t8-,9?/m1/s1. The second kappa shape index (κ2) is 4.77. The van der Waals surface area contributed by atoms with Crippen LogP contribution in [-0.4, -0.2) is 17.6 Å². The van der Waals surface area contributed by atoms with Crippen LogP contribution in [0, 0.1) is 0 Å². The molecule has 6 heteroatoms. The van der Waals surface area contributed by atoms with Crippen LogP contribution in [0.15, 0.2) is 22.6 Å². The number of oxazole rings is 1. The minimum atomic E-state index is -4.35. The zero-order chi connectivity index (χ0) is 14.3. The van der Waals surface area contributed by atoms with Crippen molar-refractivity contribution in [3.63, 3.8) is 0 Å². The average molecular weight is 284 g/mol. The van der Waals surface area contributed by atoms with E-state index < -0.39 is 11.7 Å². The van der Waals surface area contributed by atoms with Crippen molar-refractivity contribution in [1.82, 2.24) is 10.3 Å². The average Bonchev–Trinajstić information content (AvgIpc) is 2.81. The number of nitrogens with one attached hydrogen (secondary N) is 1. The Bertz CT molecular complexity index is 612. The summed E-state index contributed by atoms with van der Waals surface area (Å²) in [5, 5.41) is 3.33. The van der Waals surface area contributed by atoms with E-state index in [2.05, 4.69) is 17.2 Å². The topological polar surface area (TPSA) is 38.1 Å². The number of nitrogens with zero attached hydrogens (tertiary/aromatic N) is 1. The second-order valence-corrected chi connectivity index (χ2v) is 5.32. The van der Waals surface area contributed by atoms with E-state index in [1.807, 2.05) is 0 Å². The zero-order valence-corrected chi connectivity index (χ0v) is 11.0. The third-order valence-electron chi connectivity index (χ3n) is 3.74. The summed E-state index contributed by atoms with van der Waals surface area (Å²) in [5.41, 5.74) is -0.0136. The van der Waals surface area contributed by atoms with Gasteiger partial charge in [0.25, 0.3) is 0 Å². The van der Waals surface area contributed by atoms with E-state index in [9.17, 15) is 13.2 Å². The van der Waals surface area contributed by atoms with E-state index in [-0.39, 0.29) is 11.4 Å². The van der Waals surface area contributed by atoms with Gasteiger partial charge in [-0.25, -0.2) is 4.98 Å². The summed E-state index contributed by atoms with van der Waals surface area (Å²) < 4.78 is 43.5. The summed E-state index contributed by atoms with van der Waals surface area (Å²) in [6.45, 7) is 2.86. The number of piperidine rings is 1. The van der Waals surface area contributed by atoms with Gasteiger partial charge < -0.3 is 9.73 Å². The Morgan fingerprint density at radius 3 is 2.75 bits per heavy atom. The van der Waals surface area contributed by atoms with Crippen molar-refractivity contribution >= 4 is 11.1 Å². The Morgan fingerprint density at radius 1 is 1.30 bits per heavy atom. The van der Waals surface area contributed by atoms with Gasteiger partial charge in [0.15, 0.2) is 11.5 Å². The molecule has 108 valence electrons. The lowest BCUT2D eigenvalue weighted by atomic mass is 9.95. The highest BCUT2D eigenvalue weighted by atomic mass is 19.4. The van der Waals surface area contributed by atoms with E-state index in [4.69, 9.17) is 4.42 Å². The first kappa shape index (κ1) is 13.4. The van der Waals surface area contributed by atoms with Gasteiger partial charge >= 0.3 is 6.18 Å². The summed E-state index contributed by atoms with van der Waals surface area (Å²) in [5.74, 6) is 0.659. The fourth-order valence-corrected chi connectivity index (χ4v) is 2.51. The lowest BCUT2D eigenvalue weighted by Crippen LogP contribution is -2.35. The predicted molar refractivity (Wildman–Crippen MR) is 68.5 cm³/mol. The van der Waals surface area contributed by atoms with Gasteiger partial charge in [-0.1, -0.05) is 0 Å². The molecule has 20 heavy (non-hydrogen) atoms. The molecule has 3 nitrogen and oxygen atoms in total. The molecule has 0 saturated carbocycles. The smallest absolute Gasteiger partial charge is 0.416 e. The molecule has 0 spiro atoms. The van der Waals surface area contributed by atoms with E-state index in [0.29, 0.717) is 17.5 Å². The zero-order valence-electron chi connectivity index (χ0n) is 11.0. The number of halogens is 3. The Kier molecular flexibility index (Phi) is 3.20. The summed E-state index contributed by atoms with van der Waals surface area (Å²) >= 11 is 0. The molecule has 0 bridgehead atoms. The van der Waals surface area contributed by atoms with Crippen LogP contribution in [0.1, 0.15) is 37.1 Å². The van der Waals surface area contributed by atoms with Crippen molar-refractivity contribution < 1.29 is 17.6 Å². The quantitative estimate of drug-likeness (QED) is 0.867. The van der Waals surface area contributed by atoms with Gasteiger partial charge in [-0.05, 0) is 38.0 Å². The first-order chi connectivity index (χ1) is 9.43. The monoisotopic (exact) mass is 284 g/mol. The lowest BCUT2D eigenvalue weighted by molar-refractivity contribution is -0.137. The van der Waals surface area contributed by atoms with Crippen molar-refractivity contribution in [2.24, 2.45) is 0 Å². The maximum atomic E-state index is 12.7. The maximum absolute atomic E-state index is 12.7. The molecule has 1 aliphatic heterocycles. The number of rotatable bonds is 1. The van der Waals surface area contributed by atoms with Crippen molar-refractivity contribution in [2.75, 3.05) is 6.54 Å². The molecule has 3 rings (SSSR count). The van der Waals surface area contributed by atoms with Crippen LogP contribution in [0.25, 0.3) is 11.1 Å². The van der Waals surface area contributed by atoms with Gasteiger partial charge in [0.1, 0.15) is 5.52 Å². The van der Waals surface area contributed by atoms with Crippen molar-refractivity contribution in [2.45, 2.75) is 37.9 Å². The first-order valence-corrected chi connectivity index (χ1v) is 6.64. The normalized spacial score (nSPS) is 24.2. The number of benzene rings is 1. The largest absolute Gasteiger partial charge is 0.440 e. The Balaban J connectivity index is 1.91. The van der Waals surface area contributed by atoms with E-state index >= 15 is 0 Å². The molecular weight excluding hydrogens is 269 g/mol. The van der Waals surface area contributed by atoms with Gasteiger partial charge in [-0.2, -0.15) is 13.2 Å². The van der Waals surface area contributed by atoms with Gasteiger partial charge in [-0.3, -0.25) is 0 Å². The van der Waals surface area contributed by atoms with Crippen molar-refractivity contribution in [3.8, 4) is 0 Å². The second-order valence-electron chi connectivity index (χ2n) is 5.32. The molecule has 1 aromatic heterocycles. The minimum Gasteiger partial charge on any atom is -0.440 e. The van der Waals surface area contributed by atoms with Gasteiger partial charge in [0, 0.05) is 18.5 Å². The summed E-state index contributed by atoms with van der Waals surface area (Å²) in [7, 11) is 0. The van der Waals surface area contributed by atoms with Gasteiger partial charge in [0.2, 0.25) is 0 Å². The minimum absolute atomic E-state index is 0.132. The van der Waals surface area contributed by atoms with E-state index in [0.717, 1.165) is 31.5 Å². The molecule has 0 amide bonds. The Morgan fingerprint density at radius 2 is 2.10 bits per heavy atom. The number of hydrogen-bond donors (Lipinski definition) is 1. The molecule has 1 saturated heterocycles. The molecule has 1 unspecified atom stereocenters. The molecule has 1 aromatic carbocycles. The Hall–Kier alpha value is -1.56. The van der Waals surface area contributed by atoms with Crippen LogP contribution in [0.4, 0.5) is 13.2 Å². The SMILES string of the molecule is C[C@@H]1CCC(c2nc3cc(C(F)(F)F)ccc3o2)CN1. The number of aromatic nitrogens is 1. The van der Waals surface area contributed by atoms with E-state index in [1.165, 1.54) is 6.07 Å². The number of hydrogen-bond acceptors (Lipinski definition) is 3. The Labute approximate surface area is 114 Å². The van der Waals surface area contributed by atoms with E-state index in [1.54, 1.807) is 0 Å². The molecule has 0 radical (unpaired) electrons. The summed E-state index contributed by atoms with van der Waals surface area (Å²) in [6, 6.07) is 3.88. The van der Waals surface area contributed by atoms with Crippen LogP contribution < -0.4 is 5.32 Å². The van der Waals surface area contributed by atoms with Crippen LogP contribution in [0.3, 0.4) is 0 Å². The maximum Gasteiger partial charge on any atom is 0.416 e. The molecule has 1 fully saturated rings. The summed E-state index contributed by atoms with van der Waals surface area (Å²) in [6.07, 6.45) is -2.40. The number of fused-ring (bicyclic) bond motifs is 1. The molecule has 2 heterocycles. The molecule has 0 aliphatic carbocycles. The third kappa shape index (κ3) is 2.52. The fourth-order valence-electron chi connectivity index (χ4n) is 2.51. The highest BCUT2D eigenvalue weighted by Gasteiger charge is 2.31. The van der Waals surface area contributed by atoms with Gasteiger partial charge in [-0.15, -0.1) is 0 Å². The highest BCUT2D eigenvalue weighted by Crippen LogP contribution is 2.33. The van der Waals surface area contributed by atoms with Gasteiger partial charge in [0.05, 0.1) is 5.56 Å². The molecular formula is C14H15F3N2O. The van der Waals surface area contributed by atoms with Crippen LogP contribution >= 0.6 is 0 Å². The highest BCUT2D eigenvalue weighted by molar-refractivity contribution is 5.73. The summed E-state index contributed by atoms with van der Waals surface area (Å²) in [4.78, 5) is 4.23. The third-order valence-corrected chi connectivity index (χ3v) is 3.74. The van der Waals surface area contributed by atoms with Crippen LogP contribution in [0.2, 0.25) is 0 Å². The predicted octanol–water partition coefficient (Wildman–Crippen LogP) is 3.70. The fraction of sp³-hybridized carbons (Fsp3) is 0.500. The first-order valence-electron chi connectivity index (χ1n) is 6.64.